The fourth-order valence-electron chi connectivity index (χ4n) is 1.73. The summed E-state index contributed by atoms with van der Waals surface area (Å²) >= 11 is 0. The first-order valence-electron chi connectivity index (χ1n) is 6.49. The van der Waals surface area contributed by atoms with Gasteiger partial charge in [-0.1, -0.05) is 6.07 Å². The number of nitriles is 1. The van der Waals surface area contributed by atoms with E-state index >= 15 is 0 Å². The zero-order chi connectivity index (χ0) is 17.1. The zero-order valence-electron chi connectivity index (χ0n) is 12.3. The topological polar surface area (TPSA) is 87.0 Å². The summed E-state index contributed by atoms with van der Waals surface area (Å²) in [5, 5.41) is 9.05. The first-order chi connectivity index (χ1) is 10.1. The zero-order valence-corrected chi connectivity index (χ0v) is 13.1. The number of benzene rings is 1. The summed E-state index contributed by atoms with van der Waals surface area (Å²) in [6.07, 6.45) is 0. The van der Waals surface area contributed by atoms with E-state index in [2.05, 4.69) is 5.32 Å². The minimum absolute atomic E-state index is 0.230. The second-order valence-electron chi connectivity index (χ2n) is 5.02. The van der Waals surface area contributed by atoms with Crippen molar-refractivity contribution in [2.24, 2.45) is 0 Å². The molecule has 120 valence electrons. The van der Waals surface area contributed by atoms with E-state index in [1.54, 1.807) is 6.07 Å². The number of amides is 1. The molecule has 0 saturated heterocycles. The van der Waals surface area contributed by atoms with Crippen LogP contribution in [0.5, 0.6) is 0 Å². The third-order valence-electron chi connectivity index (χ3n) is 3.21. The molecule has 0 heterocycles. The normalized spacial score (nSPS) is 14.2. The minimum atomic E-state index is -3.70. The largest absolute Gasteiger partial charge is 0.335 e. The number of hydrogen-bond acceptors (Lipinski definition) is 4. The van der Waals surface area contributed by atoms with Gasteiger partial charge in [-0.3, -0.25) is 4.79 Å². The molecule has 22 heavy (non-hydrogen) atoms. The summed E-state index contributed by atoms with van der Waals surface area (Å²) in [6, 6.07) is 2.81. The third-order valence-corrected chi connectivity index (χ3v) is 5.72. The van der Waals surface area contributed by atoms with E-state index in [0.29, 0.717) is 6.07 Å². The second-order valence-corrected chi connectivity index (χ2v) is 7.84. The molecule has 8 heteroatoms. The molecule has 2 atom stereocenters. The van der Waals surface area contributed by atoms with Gasteiger partial charge >= 0.3 is 0 Å². The summed E-state index contributed by atoms with van der Waals surface area (Å²) < 4.78 is 50.3. The van der Waals surface area contributed by atoms with Gasteiger partial charge in [0.2, 0.25) is 5.91 Å². The summed E-state index contributed by atoms with van der Waals surface area (Å²) in [7, 11) is -3.70. The number of nitrogens with zero attached hydrogens (tertiary/aromatic N) is 1. The Kier molecular flexibility index (Phi) is 5.60. The van der Waals surface area contributed by atoms with Crippen LogP contribution in [0.2, 0.25) is 0 Å². The van der Waals surface area contributed by atoms with E-state index in [9.17, 15) is 22.0 Å². The van der Waals surface area contributed by atoms with E-state index in [1.807, 2.05) is 0 Å². The van der Waals surface area contributed by atoms with Crippen LogP contribution in [-0.2, 0) is 14.6 Å². The van der Waals surface area contributed by atoms with Crippen molar-refractivity contribution in [2.45, 2.75) is 37.3 Å². The fourth-order valence-corrected chi connectivity index (χ4v) is 2.92. The van der Waals surface area contributed by atoms with Crippen molar-refractivity contribution in [1.29, 1.82) is 5.26 Å². The number of carbonyl (C=O) groups excluding carboxylic acids is 1. The molecule has 1 rings (SSSR count). The van der Waals surface area contributed by atoms with Gasteiger partial charge in [-0.05, 0) is 26.8 Å². The Labute approximate surface area is 127 Å². The highest BCUT2D eigenvalue weighted by Crippen LogP contribution is 2.19. The van der Waals surface area contributed by atoms with Gasteiger partial charge in [0.05, 0.1) is 11.3 Å². The monoisotopic (exact) mass is 330 g/mol. The van der Waals surface area contributed by atoms with Gasteiger partial charge in [0.15, 0.2) is 9.84 Å². The molecule has 0 aliphatic rings. The van der Waals surface area contributed by atoms with Crippen LogP contribution in [-0.4, -0.2) is 24.8 Å². The van der Waals surface area contributed by atoms with Gasteiger partial charge in [0.25, 0.3) is 0 Å². The lowest BCUT2D eigenvalue weighted by atomic mass is 10.1. The average Bonchev–Trinajstić information content (AvgIpc) is 2.44. The molecule has 1 aromatic rings. The highest BCUT2D eigenvalue weighted by Gasteiger charge is 2.32. The van der Waals surface area contributed by atoms with Crippen LogP contribution in [0.3, 0.4) is 0 Å². The maximum absolute atomic E-state index is 13.6. The van der Waals surface area contributed by atoms with E-state index in [0.717, 1.165) is 12.1 Å². The Morgan fingerprint density at radius 1 is 1.27 bits per heavy atom. The van der Waals surface area contributed by atoms with Crippen LogP contribution >= 0.6 is 0 Å². The van der Waals surface area contributed by atoms with Gasteiger partial charge in [0.1, 0.15) is 22.9 Å². The number of hydrogen-bond donors (Lipinski definition) is 1. The van der Waals surface area contributed by atoms with Gasteiger partial charge < -0.3 is 5.32 Å². The van der Waals surface area contributed by atoms with Crippen molar-refractivity contribution in [3.05, 3.63) is 35.4 Å². The Morgan fingerprint density at radius 3 is 2.32 bits per heavy atom. The van der Waals surface area contributed by atoms with Gasteiger partial charge in [-0.2, -0.15) is 5.26 Å². The van der Waals surface area contributed by atoms with Crippen molar-refractivity contribution < 1.29 is 22.0 Å². The molecule has 1 amide bonds. The molecule has 5 nitrogen and oxygen atoms in total. The quantitative estimate of drug-likeness (QED) is 0.892. The van der Waals surface area contributed by atoms with Crippen LogP contribution in [0.4, 0.5) is 8.78 Å². The van der Waals surface area contributed by atoms with Crippen molar-refractivity contribution in [3.63, 3.8) is 0 Å². The van der Waals surface area contributed by atoms with Gasteiger partial charge in [-0.15, -0.1) is 0 Å². The van der Waals surface area contributed by atoms with E-state index < -0.39 is 43.9 Å². The Bertz CT molecular complexity index is 711. The van der Waals surface area contributed by atoms with Crippen LogP contribution in [0, 0.1) is 23.0 Å². The molecule has 0 spiro atoms. The Morgan fingerprint density at radius 2 is 1.86 bits per heavy atom. The molecule has 0 aliphatic heterocycles. The molecule has 1 N–H and O–H groups in total. The van der Waals surface area contributed by atoms with Gasteiger partial charge in [0, 0.05) is 11.6 Å². The van der Waals surface area contributed by atoms with Crippen molar-refractivity contribution in [3.8, 4) is 6.07 Å². The summed E-state index contributed by atoms with van der Waals surface area (Å²) in [6.45, 7) is 4.06. The smallest absolute Gasteiger partial charge is 0.239 e. The molecule has 0 bridgehead atoms. The van der Waals surface area contributed by atoms with Crippen LogP contribution in [0.25, 0.3) is 0 Å². The molecular weight excluding hydrogens is 314 g/mol. The van der Waals surface area contributed by atoms with Gasteiger partial charge in [-0.25, -0.2) is 17.2 Å². The molecule has 0 saturated carbocycles. The molecule has 0 aliphatic carbocycles. The summed E-state index contributed by atoms with van der Waals surface area (Å²) in [5.41, 5.74) is -0.230. The predicted octanol–water partition coefficient (Wildman–Crippen LogP) is 1.86. The minimum Gasteiger partial charge on any atom is -0.335 e. The number of sulfone groups is 1. The average molecular weight is 330 g/mol. The van der Waals surface area contributed by atoms with Crippen LogP contribution in [0.1, 0.15) is 32.4 Å². The molecule has 0 aromatic heterocycles. The summed E-state index contributed by atoms with van der Waals surface area (Å²) in [4.78, 5) is 12.0. The lowest BCUT2D eigenvalue weighted by Crippen LogP contribution is -2.42. The van der Waals surface area contributed by atoms with Crippen molar-refractivity contribution >= 4 is 15.7 Å². The highest BCUT2D eigenvalue weighted by molar-refractivity contribution is 7.93. The first kappa shape index (κ1) is 18.0. The second kappa shape index (κ2) is 6.83. The number of halogens is 2. The van der Waals surface area contributed by atoms with E-state index in [4.69, 9.17) is 5.26 Å². The fraction of sp³-hybridized carbons (Fsp3) is 0.429. The predicted molar refractivity (Wildman–Crippen MR) is 76.4 cm³/mol. The molecule has 1 aromatic carbocycles. The maximum atomic E-state index is 13.6. The molecule has 0 unspecified atom stereocenters. The standard InChI is InChI=1S/C14H16F2N2O3S/c1-8(2)22(20,21)9(3)14(19)18-13(7-17)11-5-4-10(15)6-12(11)16/h4-6,8-9,13H,1-3H3,(H,18,19)/t9-,13-/m0/s1. The lowest BCUT2D eigenvalue weighted by Gasteiger charge is -2.18. The summed E-state index contributed by atoms with van der Waals surface area (Å²) in [5.74, 6) is -2.73. The SMILES string of the molecule is CC(C)S(=O)(=O)[C@@H](C)C(=O)N[C@@H](C#N)c1ccc(F)cc1F. The van der Waals surface area contributed by atoms with Crippen molar-refractivity contribution in [1.82, 2.24) is 5.32 Å². The molecular formula is C14H16F2N2O3S. The third kappa shape index (κ3) is 3.80. The van der Waals surface area contributed by atoms with E-state index in [-0.39, 0.29) is 5.56 Å². The molecule has 0 radical (unpaired) electrons. The van der Waals surface area contributed by atoms with E-state index in [1.165, 1.54) is 20.8 Å². The van der Waals surface area contributed by atoms with Crippen molar-refractivity contribution in [2.75, 3.05) is 0 Å². The maximum Gasteiger partial charge on any atom is 0.239 e. The number of rotatable bonds is 5. The Hall–Kier alpha value is -2.01. The highest BCUT2D eigenvalue weighted by atomic mass is 32.2. The first-order valence-corrected chi connectivity index (χ1v) is 8.09. The number of carbonyl (C=O) groups is 1. The molecule has 0 fully saturated rings. The Balaban J connectivity index is 3.01. The van der Waals surface area contributed by atoms with Crippen LogP contribution in [0.15, 0.2) is 18.2 Å². The van der Waals surface area contributed by atoms with Crippen LogP contribution < -0.4 is 5.32 Å². The lowest BCUT2D eigenvalue weighted by molar-refractivity contribution is -0.120. The number of nitrogens with one attached hydrogen (secondary N) is 1.